The maximum atomic E-state index is 13.2. The van der Waals surface area contributed by atoms with Crippen LogP contribution in [0.1, 0.15) is 24.5 Å². The van der Waals surface area contributed by atoms with E-state index in [0.717, 1.165) is 17.5 Å². The van der Waals surface area contributed by atoms with Crippen LogP contribution in [0.5, 0.6) is 0 Å². The summed E-state index contributed by atoms with van der Waals surface area (Å²) >= 11 is 0. The van der Waals surface area contributed by atoms with Crippen molar-refractivity contribution in [2.45, 2.75) is 25.3 Å². The van der Waals surface area contributed by atoms with Gasteiger partial charge in [-0.2, -0.15) is 0 Å². The summed E-state index contributed by atoms with van der Waals surface area (Å²) in [4.78, 5) is 15.1. The molecule has 1 amide bonds. The van der Waals surface area contributed by atoms with Gasteiger partial charge in [0.25, 0.3) is 0 Å². The maximum absolute atomic E-state index is 13.2. The van der Waals surface area contributed by atoms with E-state index in [2.05, 4.69) is 0 Å². The van der Waals surface area contributed by atoms with Crippen LogP contribution in [0.2, 0.25) is 0 Å². The van der Waals surface area contributed by atoms with Gasteiger partial charge < -0.3 is 10.0 Å². The molecule has 0 spiro atoms. The van der Waals surface area contributed by atoms with Crippen molar-refractivity contribution >= 4 is 5.91 Å². The van der Waals surface area contributed by atoms with Crippen molar-refractivity contribution in [1.29, 1.82) is 0 Å². The molecular weight excluding hydrogens is 286 g/mol. The molecule has 2 aromatic rings. The molecule has 1 unspecified atom stereocenters. The third-order valence-corrected chi connectivity index (χ3v) is 4.88. The minimum atomic E-state index is -0.541. The second-order valence-electron chi connectivity index (χ2n) is 6.23. The lowest BCUT2D eigenvalue weighted by Gasteiger charge is -2.27. The molecule has 0 bridgehead atoms. The highest BCUT2D eigenvalue weighted by atomic mass is 16.3. The quantitative estimate of drug-likeness (QED) is 0.891. The van der Waals surface area contributed by atoms with Crippen LogP contribution < -0.4 is 0 Å². The average molecular weight is 309 g/mol. The van der Waals surface area contributed by atoms with Crippen molar-refractivity contribution in [3.05, 3.63) is 71.8 Å². The summed E-state index contributed by atoms with van der Waals surface area (Å²) in [6.45, 7) is 3.35. The number of likely N-dealkylation sites (N-methyl/N-ethyl adjacent to an activating group) is 1. The van der Waals surface area contributed by atoms with Crippen LogP contribution in [0.25, 0.3) is 0 Å². The van der Waals surface area contributed by atoms with Gasteiger partial charge in [0.1, 0.15) is 0 Å². The van der Waals surface area contributed by atoms with Gasteiger partial charge in [-0.25, -0.2) is 0 Å². The van der Waals surface area contributed by atoms with Crippen molar-refractivity contribution in [1.82, 2.24) is 4.90 Å². The standard InChI is InChI=1S/C20H23NO2/c1-2-21(14-16-9-5-3-6-10-16)19(23)20(13-18(20)15-22)17-11-7-4-8-12-17/h3-12,18,22H,2,13-15H2,1H3/t18-,20?/m1/s1. The summed E-state index contributed by atoms with van der Waals surface area (Å²) in [5, 5.41) is 9.63. The molecular formula is C20H23NO2. The van der Waals surface area contributed by atoms with Gasteiger partial charge in [-0.05, 0) is 24.5 Å². The van der Waals surface area contributed by atoms with E-state index in [9.17, 15) is 9.90 Å². The smallest absolute Gasteiger partial charge is 0.233 e. The van der Waals surface area contributed by atoms with Gasteiger partial charge >= 0.3 is 0 Å². The second kappa shape index (κ2) is 6.55. The second-order valence-corrected chi connectivity index (χ2v) is 6.23. The molecule has 3 rings (SSSR count). The number of rotatable bonds is 6. The van der Waals surface area contributed by atoms with E-state index in [1.165, 1.54) is 0 Å². The fraction of sp³-hybridized carbons (Fsp3) is 0.350. The van der Waals surface area contributed by atoms with Gasteiger partial charge in [0.2, 0.25) is 5.91 Å². The zero-order chi connectivity index (χ0) is 16.3. The molecule has 0 saturated heterocycles. The molecule has 0 heterocycles. The Bertz CT molecular complexity index is 656. The molecule has 2 atom stereocenters. The van der Waals surface area contributed by atoms with E-state index < -0.39 is 5.41 Å². The summed E-state index contributed by atoms with van der Waals surface area (Å²) in [7, 11) is 0. The first-order valence-electron chi connectivity index (χ1n) is 8.22. The number of aliphatic hydroxyl groups is 1. The highest BCUT2D eigenvalue weighted by Crippen LogP contribution is 2.55. The zero-order valence-electron chi connectivity index (χ0n) is 13.5. The van der Waals surface area contributed by atoms with Gasteiger partial charge in [0.15, 0.2) is 0 Å². The third-order valence-electron chi connectivity index (χ3n) is 4.88. The van der Waals surface area contributed by atoms with Gasteiger partial charge in [-0.3, -0.25) is 4.79 Å². The fourth-order valence-electron chi connectivity index (χ4n) is 3.44. The van der Waals surface area contributed by atoms with Gasteiger partial charge in [-0.15, -0.1) is 0 Å². The summed E-state index contributed by atoms with van der Waals surface area (Å²) in [5.41, 5.74) is 1.61. The van der Waals surface area contributed by atoms with E-state index in [-0.39, 0.29) is 18.4 Å². The normalized spacial score (nSPS) is 22.6. The molecule has 3 nitrogen and oxygen atoms in total. The lowest BCUT2D eigenvalue weighted by Crippen LogP contribution is -2.40. The summed E-state index contributed by atoms with van der Waals surface area (Å²) in [5.74, 6) is 0.163. The van der Waals surface area contributed by atoms with E-state index >= 15 is 0 Å². The molecule has 1 aliphatic carbocycles. The number of benzene rings is 2. The largest absolute Gasteiger partial charge is 0.396 e. The Kier molecular flexibility index (Phi) is 4.49. The van der Waals surface area contributed by atoms with Crippen LogP contribution in [-0.2, 0) is 16.8 Å². The molecule has 1 saturated carbocycles. The fourth-order valence-corrected chi connectivity index (χ4v) is 3.44. The molecule has 1 aliphatic rings. The van der Waals surface area contributed by atoms with E-state index in [1.54, 1.807) is 0 Å². The molecule has 2 aromatic carbocycles. The molecule has 1 N–H and O–H groups in total. The molecule has 0 aromatic heterocycles. The first-order chi connectivity index (χ1) is 11.2. The highest BCUT2D eigenvalue weighted by molar-refractivity contribution is 5.92. The summed E-state index contributed by atoms with van der Waals surface area (Å²) in [6, 6.07) is 19.9. The molecule has 23 heavy (non-hydrogen) atoms. The van der Waals surface area contributed by atoms with Crippen LogP contribution in [0.4, 0.5) is 0 Å². The van der Waals surface area contributed by atoms with Crippen LogP contribution in [0, 0.1) is 5.92 Å². The maximum Gasteiger partial charge on any atom is 0.233 e. The Hall–Kier alpha value is -2.13. The minimum absolute atomic E-state index is 0.0298. The van der Waals surface area contributed by atoms with Crippen molar-refractivity contribution < 1.29 is 9.90 Å². The molecule has 0 radical (unpaired) electrons. The van der Waals surface area contributed by atoms with Crippen molar-refractivity contribution in [3.8, 4) is 0 Å². The van der Waals surface area contributed by atoms with E-state index in [1.807, 2.05) is 72.5 Å². The van der Waals surface area contributed by atoms with Gasteiger partial charge in [0, 0.05) is 25.6 Å². The average Bonchev–Trinajstić information content (AvgIpc) is 3.36. The first kappa shape index (κ1) is 15.8. The number of carbonyl (C=O) groups is 1. The molecule has 120 valence electrons. The Morgan fingerprint density at radius 3 is 2.26 bits per heavy atom. The Morgan fingerprint density at radius 2 is 1.74 bits per heavy atom. The van der Waals surface area contributed by atoms with E-state index in [0.29, 0.717) is 13.1 Å². The lowest BCUT2D eigenvalue weighted by molar-refractivity contribution is -0.135. The number of carbonyl (C=O) groups excluding carboxylic acids is 1. The van der Waals surface area contributed by atoms with E-state index in [4.69, 9.17) is 0 Å². The molecule has 1 fully saturated rings. The molecule has 0 aliphatic heterocycles. The van der Waals surface area contributed by atoms with Crippen molar-refractivity contribution in [2.24, 2.45) is 5.92 Å². The summed E-state index contributed by atoms with van der Waals surface area (Å²) < 4.78 is 0. The summed E-state index contributed by atoms with van der Waals surface area (Å²) in [6.07, 6.45) is 0.734. The minimum Gasteiger partial charge on any atom is -0.396 e. The monoisotopic (exact) mass is 309 g/mol. The Balaban J connectivity index is 1.86. The number of amides is 1. The van der Waals surface area contributed by atoms with Gasteiger partial charge in [0.05, 0.1) is 5.41 Å². The van der Waals surface area contributed by atoms with Crippen LogP contribution in [-0.4, -0.2) is 29.1 Å². The lowest BCUT2D eigenvalue weighted by atomic mass is 9.91. The predicted molar refractivity (Wildman–Crippen MR) is 90.8 cm³/mol. The topological polar surface area (TPSA) is 40.5 Å². The third kappa shape index (κ3) is 2.89. The van der Waals surface area contributed by atoms with Gasteiger partial charge in [-0.1, -0.05) is 60.7 Å². The van der Waals surface area contributed by atoms with Crippen LogP contribution in [0.3, 0.4) is 0 Å². The first-order valence-corrected chi connectivity index (χ1v) is 8.22. The number of nitrogens with zero attached hydrogens (tertiary/aromatic N) is 1. The number of hydrogen-bond acceptors (Lipinski definition) is 2. The Labute approximate surface area is 137 Å². The predicted octanol–water partition coefficient (Wildman–Crippen LogP) is 2.99. The SMILES string of the molecule is CCN(Cc1ccccc1)C(=O)C1(c2ccccc2)C[C@@H]1CO. The zero-order valence-corrected chi connectivity index (χ0v) is 13.5. The number of hydrogen-bond donors (Lipinski definition) is 1. The Morgan fingerprint density at radius 1 is 1.13 bits per heavy atom. The van der Waals surface area contributed by atoms with Crippen molar-refractivity contribution in [3.63, 3.8) is 0 Å². The van der Waals surface area contributed by atoms with Crippen molar-refractivity contribution in [2.75, 3.05) is 13.2 Å². The highest BCUT2D eigenvalue weighted by Gasteiger charge is 2.61. The molecule has 3 heteroatoms. The number of aliphatic hydroxyl groups excluding tert-OH is 1. The van der Waals surface area contributed by atoms with Crippen LogP contribution >= 0.6 is 0 Å². The van der Waals surface area contributed by atoms with Crippen LogP contribution in [0.15, 0.2) is 60.7 Å².